The van der Waals surface area contributed by atoms with E-state index in [1.807, 2.05) is 29.9 Å². The van der Waals surface area contributed by atoms with Gasteiger partial charge in [-0.15, -0.1) is 22.7 Å². The highest BCUT2D eigenvalue weighted by Crippen LogP contribution is 2.47. The van der Waals surface area contributed by atoms with Gasteiger partial charge in [0.2, 0.25) is 5.60 Å². The highest BCUT2D eigenvalue weighted by molar-refractivity contribution is 7.12. The van der Waals surface area contributed by atoms with Crippen LogP contribution in [0.4, 0.5) is 0 Å². The van der Waals surface area contributed by atoms with Gasteiger partial charge in [0.15, 0.2) is 0 Å². The van der Waals surface area contributed by atoms with Crippen LogP contribution in [0.2, 0.25) is 0 Å². The minimum absolute atomic E-state index is 0.0971. The molecule has 4 atom stereocenters. The van der Waals surface area contributed by atoms with E-state index in [0.717, 1.165) is 12.8 Å². The van der Waals surface area contributed by atoms with E-state index in [2.05, 4.69) is 5.32 Å². The van der Waals surface area contributed by atoms with E-state index in [0.29, 0.717) is 27.6 Å². The topological polar surface area (TPSA) is 58.6 Å². The van der Waals surface area contributed by atoms with Gasteiger partial charge in [0.25, 0.3) is 0 Å². The third kappa shape index (κ3) is 2.44. The van der Waals surface area contributed by atoms with E-state index < -0.39 is 11.6 Å². The van der Waals surface area contributed by atoms with Crippen LogP contribution in [-0.2, 0) is 15.1 Å². The summed E-state index contributed by atoms with van der Waals surface area (Å²) in [6.45, 7) is 0. The summed E-state index contributed by atoms with van der Waals surface area (Å²) in [5.41, 5.74) is -1.70. The average molecular weight is 364 g/mol. The summed E-state index contributed by atoms with van der Waals surface area (Å²) in [6.07, 6.45) is 3.09. The van der Waals surface area contributed by atoms with Crippen molar-refractivity contribution in [3.05, 3.63) is 44.8 Å². The lowest BCUT2D eigenvalue weighted by Crippen LogP contribution is -2.41. The van der Waals surface area contributed by atoms with Crippen molar-refractivity contribution in [2.24, 2.45) is 11.8 Å². The van der Waals surface area contributed by atoms with Crippen molar-refractivity contribution >= 4 is 28.6 Å². The second-order valence-corrected chi connectivity index (χ2v) is 8.56. The molecule has 2 aromatic heterocycles. The van der Waals surface area contributed by atoms with Crippen LogP contribution in [-0.4, -0.2) is 30.3 Å². The average Bonchev–Trinajstić information content (AvgIpc) is 3.37. The summed E-state index contributed by atoms with van der Waals surface area (Å²) >= 11 is 2.76. The van der Waals surface area contributed by atoms with Crippen molar-refractivity contribution in [2.45, 2.75) is 37.0 Å². The molecule has 6 heteroatoms. The molecule has 0 aliphatic heterocycles. The Morgan fingerprint density at radius 2 is 1.92 bits per heavy atom. The highest BCUT2D eigenvalue weighted by atomic mass is 32.1. The summed E-state index contributed by atoms with van der Waals surface area (Å²) in [5, 5.41) is 18.4. The van der Waals surface area contributed by atoms with Crippen LogP contribution in [0, 0.1) is 11.8 Å². The molecule has 4 rings (SSSR count). The summed E-state index contributed by atoms with van der Waals surface area (Å²) in [5.74, 6) is 0.397. The third-order valence-corrected chi connectivity index (χ3v) is 7.45. The molecule has 2 aromatic rings. The fraction of sp³-hybridized carbons (Fsp3) is 0.500. The molecular formula is C18H21NO3S2. The molecule has 2 aliphatic carbocycles. The number of esters is 1. The number of hydrogen-bond donors (Lipinski definition) is 2. The van der Waals surface area contributed by atoms with Gasteiger partial charge in [-0.05, 0) is 55.1 Å². The fourth-order valence-corrected chi connectivity index (χ4v) is 6.08. The van der Waals surface area contributed by atoms with Crippen molar-refractivity contribution < 1.29 is 14.6 Å². The van der Waals surface area contributed by atoms with Gasteiger partial charge in [-0.2, -0.15) is 0 Å². The summed E-state index contributed by atoms with van der Waals surface area (Å²) in [4.78, 5) is 14.2. The fourth-order valence-electron chi connectivity index (χ4n) is 4.37. The molecule has 128 valence electrons. The standard InChI is InChI=1S/C18H21NO3S2/c1-19-16-11-6-7-12(16)13(10-11)22-17(20)18(21,14-4-2-8-23-14)15-5-3-9-24-15/h2-5,8-9,11-13,16,19,21H,6-7,10H2,1H3. The molecule has 2 bridgehead atoms. The van der Waals surface area contributed by atoms with E-state index in [1.165, 1.54) is 29.1 Å². The Labute approximate surface area is 149 Å². The molecule has 2 fully saturated rings. The number of aliphatic hydroxyl groups is 1. The Morgan fingerprint density at radius 3 is 2.42 bits per heavy atom. The number of rotatable bonds is 5. The first-order valence-corrected chi connectivity index (χ1v) is 10.1. The SMILES string of the molecule is CNC1C2CCC1C(OC(=O)C(O)(c1cccs1)c1cccs1)C2. The van der Waals surface area contributed by atoms with Crippen LogP contribution < -0.4 is 5.32 Å². The Hall–Kier alpha value is -1.21. The zero-order chi connectivity index (χ0) is 16.7. The predicted molar refractivity (Wildman–Crippen MR) is 95.2 cm³/mol. The van der Waals surface area contributed by atoms with Crippen LogP contribution in [0.3, 0.4) is 0 Å². The summed E-state index contributed by atoms with van der Waals surface area (Å²) in [6, 6.07) is 7.71. The molecule has 2 aliphatic rings. The first-order chi connectivity index (χ1) is 11.6. The van der Waals surface area contributed by atoms with E-state index in [4.69, 9.17) is 4.74 Å². The number of hydrogen-bond acceptors (Lipinski definition) is 6. The van der Waals surface area contributed by atoms with E-state index in [9.17, 15) is 9.90 Å². The van der Waals surface area contributed by atoms with Crippen LogP contribution >= 0.6 is 22.7 Å². The lowest BCUT2D eigenvalue weighted by molar-refractivity contribution is -0.169. The number of carbonyl (C=O) groups excluding carboxylic acids is 1. The molecule has 0 aromatic carbocycles. The summed E-state index contributed by atoms with van der Waals surface area (Å²) in [7, 11) is 1.98. The predicted octanol–water partition coefficient (Wildman–Crippen LogP) is 2.98. The lowest BCUT2D eigenvalue weighted by atomic mass is 9.96. The molecule has 0 radical (unpaired) electrons. The number of carbonyl (C=O) groups is 1. The van der Waals surface area contributed by atoms with Crippen LogP contribution in [0.1, 0.15) is 29.0 Å². The van der Waals surface area contributed by atoms with Crippen LogP contribution in [0.15, 0.2) is 35.0 Å². The van der Waals surface area contributed by atoms with Gasteiger partial charge in [-0.25, -0.2) is 4.79 Å². The van der Waals surface area contributed by atoms with E-state index in [-0.39, 0.29) is 6.10 Å². The monoisotopic (exact) mass is 363 g/mol. The molecule has 4 nitrogen and oxygen atoms in total. The van der Waals surface area contributed by atoms with Crippen molar-refractivity contribution in [3.63, 3.8) is 0 Å². The molecule has 2 saturated carbocycles. The Balaban J connectivity index is 1.60. The maximum absolute atomic E-state index is 13.0. The zero-order valence-electron chi connectivity index (χ0n) is 13.5. The number of nitrogens with one attached hydrogen (secondary N) is 1. The van der Waals surface area contributed by atoms with Crippen LogP contribution in [0.5, 0.6) is 0 Å². The quantitative estimate of drug-likeness (QED) is 0.802. The summed E-state index contributed by atoms with van der Waals surface area (Å²) < 4.78 is 5.87. The molecule has 24 heavy (non-hydrogen) atoms. The van der Waals surface area contributed by atoms with Gasteiger partial charge in [0.1, 0.15) is 6.10 Å². The van der Waals surface area contributed by atoms with E-state index >= 15 is 0 Å². The first kappa shape index (κ1) is 16.3. The maximum atomic E-state index is 13.0. The lowest BCUT2D eigenvalue weighted by Gasteiger charge is -2.29. The van der Waals surface area contributed by atoms with E-state index in [1.54, 1.807) is 12.1 Å². The van der Waals surface area contributed by atoms with Crippen LogP contribution in [0.25, 0.3) is 0 Å². The molecule has 0 spiro atoms. The van der Waals surface area contributed by atoms with Crippen molar-refractivity contribution in [1.29, 1.82) is 0 Å². The zero-order valence-corrected chi connectivity index (χ0v) is 15.1. The Kier molecular flexibility index (Phi) is 4.24. The molecule has 4 unspecified atom stereocenters. The van der Waals surface area contributed by atoms with Gasteiger partial charge in [-0.1, -0.05) is 12.1 Å². The maximum Gasteiger partial charge on any atom is 0.349 e. The van der Waals surface area contributed by atoms with Crippen molar-refractivity contribution in [3.8, 4) is 0 Å². The molecule has 0 saturated heterocycles. The number of thiophene rings is 2. The van der Waals surface area contributed by atoms with Crippen molar-refractivity contribution in [2.75, 3.05) is 7.05 Å². The smallest absolute Gasteiger partial charge is 0.349 e. The minimum atomic E-state index is -1.70. The number of ether oxygens (including phenoxy) is 1. The van der Waals surface area contributed by atoms with Gasteiger partial charge in [0, 0.05) is 12.0 Å². The normalized spacial score (nSPS) is 29.1. The van der Waals surface area contributed by atoms with Gasteiger partial charge < -0.3 is 15.2 Å². The second kappa shape index (κ2) is 6.26. The molecular weight excluding hydrogens is 342 g/mol. The second-order valence-electron chi connectivity index (χ2n) is 6.66. The Bertz CT molecular complexity index is 664. The van der Waals surface area contributed by atoms with Gasteiger partial charge >= 0.3 is 5.97 Å². The number of fused-ring (bicyclic) bond motifs is 2. The molecule has 2 heterocycles. The third-order valence-electron chi connectivity index (χ3n) is 5.50. The van der Waals surface area contributed by atoms with Gasteiger partial charge in [-0.3, -0.25) is 0 Å². The molecule has 2 N–H and O–H groups in total. The first-order valence-electron chi connectivity index (χ1n) is 8.33. The Morgan fingerprint density at radius 1 is 1.25 bits per heavy atom. The largest absolute Gasteiger partial charge is 0.459 e. The molecule has 0 amide bonds. The minimum Gasteiger partial charge on any atom is -0.459 e. The van der Waals surface area contributed by atoms with Crippen molar-refractivity contribution in [1.82, 2.24) is 5.32 Å². The van der Waals surface area contributed by atoms with Gasteiger partial charge in [0.05, 0.1) is 9.75 Å². The highest BCUT2D eigenvalue weighted by Gasteiger charge is 2.52.